The summed E-state index contributed by atoms with van der Waals surface area (Å²) in [5.74, 6) is -2.02. The number of benzene rings is 2. The summed E-state index contributed by atoms with van der Waals surface area (Å²) in [6.45, 7) is 14.6. The number of hydrogen-bond donors (Lipinski definition) is 1. The minimum atomic E-state index is -0.874. The van der Waals surface area contributed by atoms with Crippen molar-refractivity contribution >= 4 is 40.5 Å². The number of rotatable bonds is 13. The number of hydrogen-bond acceptors (Lipinski definition) is 7. The lowest BCUT2D eigenvalue weighted by atomic mass is 9.66. The van der Waals surface area contributed by atoms with Crippen LogP contribution in [0.15, 0.2) is 79.9 Å². The van der Waals surface area contributed by atoms with Crippen molar-refractivity contribution in [3.63, 3.8) is 0 Å². The molecule has 2 unspecified atom stereocenters. The van der Waals surface area contributed by atoms with Crippen molar-refractivity contribution in [3.8, 4) is 0 Å². The Morgan fingerprint density at radius 2 is 1.72 bits per heavy atom. The van der Waals surface area contributed by atoms with E-state index in [1.54, 1.807) is 43.3 Å². The molecule has 1 aromatic heterocycles. The summed E-state index contributed by atoms with van der Waals surface area (Å²) in [5, 5.41) is 19.3. The molecule has 248 valence electrons. The van der Waals surface area contributed by atoms with Crippen LogP contribution >= 0.6 is 11.8 Å². The molecule has 0 saturated carbocycles. The van der Waals surface area contributed by atoms with Gasteiger partial charge < -0.3 is 19.8 Å². The van der Waals surface area contributed by atoms with E-state index in [9.17, 15) is 19.5 Å². The molecule has 0 radical (unpaired) electrons. The van der Waals surface area contributed by atoms with Crippen LogP contribution in [0.4, 0.5) is 0 Å². The lowest BCUT2D eigenvalue weighted by Crippen LogP contribution is -2.58. The van der Waals surface area contributed by atoms with Crippen molar-refractivity contribution in [3.05, 3.63) is 85.5 Å². The van der Waals surface area contributed by atoms with E-state index in [1.165, 1.54) is 0 Å². The number of aliphatic hydroxyl groups excluding tert-OH is 1. The fourth-order valence-electron chi connectivity index (χ4n) is 8.11. The molecule has 47 heavy (non-hydrogen) atoms. The first-order chi connectivity index (χ1) is 22.6. The molecule has 3 saturated heterocycles. The predicted octanol–water partition coefficient (Wildman–Crippen LogP) is 4.12. The zero-order valence-electron chi connectivity index (χ0n) is 27.4. The fourth-order valence-corrected chi connectivity index (χ4v) is 10.4. The number of aliphatic hydroxyl groups is 1. The zero-order chi connectivity index (χ0) is 33.5. The molecule has 1 spiro atoms. The van der Waals surface area contributed by atoms with Gasteiger partial charge in [-0.2, -0.15) is 0 Å². The zero-order valence-corrected chi connectivity index (χ0v) is 28.2. The number of amides is 3. The lowest BCUT2D eigenvalue weighted by Gasteiger charge is -2.40. The van der Waals surface area contributed by atoms with Crippen LogP contribution in [0.5, 0.6) is 0 Å². The van der Waals surface area contributed by atoms with Crippen LogP contribution in [-0.4, -0.2) is 93.8 Å². The quantitative estimate of drug-likeness (QED) is 0.276. The number of carbonyl (C=O) groups excluding carboxylic acids is 3. The van der Waals surface area contributed by atoms with Crippen molar-refractivity contribution in [1.82, 2.24) is 29.7 Å². The Labute approximate surface area is 280 Å². The van der Waals surface area contributed by atoms with Crippen LogP contribution in [0.1, 0.15) is 39.2 Å². The summed E-state index contributed by atoms with van der Waals surface area (Å²) in [5.41, 5.74) is 2.50. The summed E-state index contributed by atoms with van der Waals surface area (Å²) in [4.78, 5) is 49.6. The SMILES string of the molecule is C=CCN(Cn1nnc2ccccc21)C(=O)C1N([C@@H](CO)C(C)C)C(=O)[C@@H]2[C@H](C(=O)N(CC=C)Cc3ccccc3)[C@]3(C)CCC12S3. The maximum Gasteiger partial charge on any atom is 0.248 e. The van der Waals surface area contributed by atoms with Gasteiger partial charge in [0.2, 0.25) is 17.7 Å². The molecular weight excluding hydrogens is 613 g/mol. The van der Waals surface area contributed by atoms with Crippen LogP contribution in [0.3, 0.4) is 0 Å². The number of aromatic nitrogens is 3. The summed E-state index contributed by atoms with van der Waals surface area (Å²) in [6, 6.07) is 15.9. The average Bonchev–Trinajstić information content (AvgIpc) is 3.76. The molecule has 3 aliphatic rings. The monoisotopic (exact) mass is 656 g/mol. The Balaban J connectivity index is 1.41. The molecule has 3 aromatic rings. The Hall–Kier alpha value is -3.96. The fraction of sp³-hybridized carbons (Fsp3) is 0.472. The molecule has 2 bridgehead atoms. The third-order valence-electron chi connectivity index (χ3n) is 10.3. The van der Waals surface area contributed by atoms with E-state index in [4.69, 9.17) is 0 Å². The van der Waals surface area contributed by atoms with Gasteiger partial charge in [-0.15, -0.1) is 30.0 Å². The molecule has 4 heterocycles. The molecule has 11 heteroatoms. The van der Waals surface area contributed by atoms with E-state index in [-0.39, 0.29) is 43.5 Å². The van der Waals surface area contributed by atoms with Crippen LogP contribution < -0.4 is 0 Å². The first-order valence-electron chi connectivity index (χ1n) is 16.3. The van der Waals surface area contributed by atoms with Gasteiger partial charge in [0.25, 0.3) is 0 Å². The Kier molecular flexibility index (Phi) is 9.06. The Morgan fingerprint density at radius 3 is 2.40 bits per heavy atom. The van der Waals surface area contributed by atoms with Crippen molar-refractivity contribution in [1.29, 1.82) is 0 Å². The largest absolute Gasteiger partial charge is 0.394 e. The van der Waals surface area contributed by atoms with Gasteiger partial charge in [-0.3, -0.25) is 14.4 Å². The highest BCUT2D eigenvalue weighted by Crippen LogP contribution is 2.72. The van der Waals surface area contributed by atoms with E-state index in [1.807, 2.05) is 68.4 Å². The number of nitrogens with zero attached hydrogens (tertiary/aromatic N) is 6. The summed E-state index contributed by atoms with van der Waals surface area (Å²) >= 11 is 1.63. The molecular formula is C36H44N6O4S. The van der Waals surface area contributed by atoms with E-state index >= 15 is 0 Å². The molecule has 1 N–H and O–H groups in total. The molecule has 3 amide bonds. The van der Waals surface area contributed by atoms with E-state index in [0.717, 1.165) is 11.1 Å². The minimum absolute atomic E-state index is 0.0983. The molecule has 2 aromatic carbocycles. The van der Waals surface area contributed by atoms with Gasteiger partial charge in [0.1, 0.15) is 18.2 Å². The van der Waals surface area contributed by atoms with E-state index in [2.05, 4.69) is 30.4 Å². The third kappa shape index (κ3) is 5.47. The number of para-hydroxylation sites is 1. The van der Waals surface area contributed by atoms with Gasteiger partial charge in [0.15, 0.2) is 0 Å². The van der Waals surface area contributed by atoms with Gasteiger partial charge in [-0.1, -0.05) is 73.7 Å². The maximum absolute atomic E-state index is 15.0. The number of fused-ring (bicyclic) bond motifs is 2. The van der Waals surface area contributed by atoms with Crippen molar-refractivity contribution in [2.24, 2.45) is 17.8 Å². The maximum atomic E-state index is 15.0. The normalized spacial score (nSPS) is 26.9. The average molecular weight is 657 g/mol. The topological polar surface area (TPSA) is 112 Å². The minimum Gasteiger partial charge on any atom is -0.394 e. The van der Waals surface area contributed by atoms with Gasteiger partial charge in [-0.05, 0) is 43.4 Å². The summed E-state index contributed by atoms with van der Waals surface area (Å²) < 4.78 is 0.320. The second-order valence-corrected chi connectivity index (χ2v) is 15.4. The summed E-state index contributed by atoms with van der Waals surface area (Å²) in [6.07, 6.45) is 4.70. The molecule has 6 rings (SSSR count). The van der Waals surface area contributed by atoms with Crippen molar-refractivity contribution in [2.75, 3.05) is 19.7 Å². The number of thioether (sulfide) groups is 1. The standard InChI is InChI=1S/C36H44N6O4S/c1-6-19-39(21-25-13-9-8-10-14-25)32(44)29-30-33(45)42(28(22-43)24(3)4)31(36(30)18-17-35(29,5)47-36)34(46)40(20-7-2)23-41-27-16-12-11-15-26(27)37-38-41/h6-16,24,28-31,43H,1-2,17-23H2,3-5H3/t28-,29+,30-,31?,35-,36?/m0/s1. The number of likely N-dealkylation sites (tertiary alicyclic amines) is 1. The van der Waals surface area contributed by atoms with Crippen molar-refractivity contribution < 1.29 is 19.5 Å². The molecule has 3 fully saturated rings. The lowest BCUT2D eigenvalue weighted by molar-refractivity contribution is -0.149. The van der Waals surface area contributed by atoms with Crippen LogP contribution in [0.25, 0.3) is 11.0 Å². The van der Waals surface area contributed by atoms with Crippen LogP contribution in [0, 0.1) is 17.8 Å². The van der Waals surface area contributed by atoms with Gasteiger partial charge in [-0.25, -0.2) is 4.68 Å². The highest BCUT2D eigenvalue weighted by molar-refractivity contribution is 8.02. The van der Waals surface area contributed by atoms with E-state index in [0.29, 0.717) is 31.4 Å². The van der Waals surface area contributed by atoms with Crippen LogP contribution in [-0.2, 0) is 27.6 Å². The third-order valence-corrected chi connectivity index (χ3v) is 12.3. The first kappa shape index (κ1) is 33.0. The molecule has 0 aliphatic carbocycles. The van der Waals surface area contributed by atoms with Gasteiger partial charge in [0, 0.05) is 24.4 Å². The predicted molar refractivity (Wildman–Crippen MR) is 183 cm³/mol. The molecule has 6 atom stereocenters. The second-order valence-electron chi connectivity index (χ2n) is 13.5. The van der Waals surface area contributed by atoms with E-state index < -0.39 is 33.4 Å². The Bertz CT molecular complexity index is 1680. The van der Waals surface area contributed by atoms with Gasteiger partial charge in [0.05, 0.1) is 34.7 Å². The van der Waals surface area contributed by atoms with Crippen molar-refractivity contribution in [2.45, 2.75) is 68.4 Å². The summed E-state index contributed by atoms with van der Waals surface area (Å²) in [7, 11) is 0. The molecule has 10 nitrogen and oxygen atoms in total. The smallest absolute Gasteiger partial charge is 0.248 e. The van der Waals surface area contributed by atoms with Crippen LogP contribution in [0.2, 0.25) is 0 Å². The Morgan fingerprint density at radius 1 is 1.04 bits per heavy atom. The highest BCUT2D eigenvalue weighted by atomic mass is 32.2. The highest BCUT2D eigenvalue weighted by Gasteiger charge is 2.78. The number of carbonyl (C=O) groups is 3. The molecule has 3 aliphatic heterocycles. The first-order valence-corrected chi connectivity index (χ1v) is 17.2. The second kappa shape index (κ2) is 12.9. The van der Waals surface area contributed by atoms with Gasteiger partial charge >= 0.3 is 0 Å².